The molecule has 0 aliphatic carbocycles. The largest absolute Gasteiger partial charge is 0.478 e. The Morgan fingerprint density at radius 3 is 2.60 bits per heavy atom. The van der Waals surface area contributed by atoms with Gasteiger partial charge in [0.25, 0.3) is 10.0 Å². The second kappa shape index (κ2) is 6.85. The van der Waals surface area contributed by atoms with Crippen molar-refractivity contribution in [2.24, 2.45) is 5.92 Å². The van der Waals surface area contributed by atoms with Crippen LogP contribution in [0.5, 0.6) is 0 Å². The van der Waals surface area contributed by atoms with Crippen molar-refractivity contribution >= 4 is 16.0 Å². The van der Waals surface area contributed by atoms with Gasteiger partial charge in [-0.2, -0.15) is 5.10 Å². The number of carbonyl (C=O) groups is 1. The fourth-order valence-corrected chi connectivity index (χ4v) is 3.21. The van der Waals surface area contributed by atoms with E-state index in [-0.39, 0.29) is 11.6 Å². The summed E-state index contributed by atoms with van der Waals surface area (Å²) in [4.78, 5) is 10.9. The number of aromatic amines is 1. The summed E-state index contributed by atoms with van der Waals surface area (Å²) in [5, 5.41) is 14.2. The van der Waals surface area contributed by atoms with Crippen LogP contribution in [-0.4, -0.2) is 35.7 Å². The Hall–Kier alpha value is -1.41. The number of H-pyrrole nitrogens is 1. The van der Waals surface area contributed by atoms with Crippen LogP contribution in [-0.2, 0) is 10.0 Å². The zero-order valence-electron chi connectivity index (χ0n) is 11.9. The molecule has 1 heterocycles. The molecule has 0 bridgehead atoms. The van der Waals surface area contributed by atoms with Crippen LogP contribution in [0.3, 0.4) is 0 Å². The molecule has 0 radical (unpaired) electrons. The maximum atomic E-state index is 12.1. The zero-order valence-corrected chi connectivity index (χ0v) is 12.7. The highest BCUT2D eigenvalue weighted by Crippen LogP contribution is 2.14. The molecule has 0 saturated carbocycles. The SMILES string of the molecule is CC(C)CCCC(C)NS(=O)(=O)c1[nH]ncc1C(=O)O. The normalized spacial score (nSPS) is 13.6. The molecule has 0 fully saturated rings. The van der Waals surface area contributed by atoms with Crippen molar-refractivity contribution in [1.29, 1.82) is 0 Å². The van der Waals surface area contributed by atoms with Crippen LogP contribution in [0.1, 0.15) is 50.4 Å². The molecule has 7 nitrogen and oxygen atoms in total. The molecule has 0 aromatic carbocycles. The fourth-order valence-electron chi connectivity index (χ4n) is 1.85. The molecular weight excluding hydrogens is 282 g/mol. The molecule has 1 aromatic rings. The summed E-state index contributed by atoms with van der Waals surface area (Å²) >= 11 is 0. The molecule has 20 heavy (non-hydrogen) atoms. The van der Waals surface area contributed by atoms with Gasteiger partial charge < -0.3 is 5.11 Å². The summed E-state index contributed by atoms with van der Waals surface area (Å²) in [6.07, 6.45) is 3.63. The lowest BCUT2D eigenvalue weighted by molar-refractivity contribution is 0.0692. The second-order valence-electron chi connectivity index (χ2n) is 5.27. The minimum Gasteiger partial charge on any atom is -0.478 e. The van der Waals surface area contributed by atoms with Crippen LogP contribution in [0, 0.1) is 5.92 Å². The Bertz CT molecular complexity index is 551. The topological polar surface area (TPSA) is 112 Å². The first-order valence-electron chi connectivity index (χ1n) is 6.53. The Labute approximate surface area is 118 Å². The van der Waals surface area contributed by atoms with E-state index in [0.29, 0.717) is 12.3 Å². The molecule has 0 amide bonds. The van der Waals surface area contributed by atoms with Gasteiger partial charge in [-0.3, -0.25) is 5.10 Å². The van der Waals surface area contributed by atoms with E-state index in [0.717, 1.165) is 19.0 Å². The summed E-state index contributed by atoms with van der Waals surface area (Å²) in [7, 11) is -3.89. The third-order valence-corrected chi connectivity index (χ3v) is 4.44. The number of hydrogen-bond donors (Lipinski definition) is 3. The average molecular weight is 303 g/mol. The van der Waals surface area contributed by atoms with Crippen molar-refractivity contribution in [2.45, 2.75) is 51.1 Å². The lowest BCUT2D eigenvalue weighted by Crippen LogP contribution is -2.33. The summed E-state index contributed by atoms with van der Waals surface area (Å²) < 4.78 is 26.6. The van der Waals surface area contributed by atoms with Crippen LogP contribution in [0.25, 0.3) is 0 Å². The second-order valence-corrected chi connectivity index (χ2v) is 6.92. The highest BCUT2D eigenvalue weighted by molar-refractivity contribution is 7.89. The predicted octanol–water partition coefficient (Wildman–Crippen LogP) is 1.60. The van der Waals surface area contributed by atoms with Gasteiger partial charge in [0.15, 0.2) is 5.03 Å². The first-order chi connectivity index (χ1) is 9.24. The Morgan fingerprint density at radius 1 is 1.40 bits per heavy atom. The van der Waals surface area contributed by atoms with Gasteiger partial charge >= 0.3 is 5.97 Å². The van der Waals surface area contributed by atoms with Crippen LogP contribution >= 0.6 is 0 Å². The number of hydrogen-bond acceptors (Lipinski definition) is 4. The number of nitrogens with one attached hydrogen (secondary N) is 2. The summed E-state index contributed by atoms with van der Waals surface area (Å²) in [5.74, 6) is -0.753. The van der Waals surface area contributed by atoms with Gasteiger partial charge in [-0.05, 0) is 19.3 Å². The molecule has 114 valence electrons. The van der Waals surface area contributed by atoms with Crippen molar-refractivity contribution < 1.29 is 18.3 Å². The molecule has 0 saturated heterocycles. The summed E-state index contributed by atoms with van der Waals surface area (Å²) in [6, 6.07) is -0.260. The number of carboxylic acid groups (broad SMARTS) is 1. The quantitative estimate of drug-likeness (QED) is 0.675. The van der Waals surface area contributed by atoms with Crippen molar-refractivity contribution in [3.8, 4) is 0 Å². The minimum atomic E-state index is -3.89. The van der Waals surface area contributed by atoms with Crippen LogP contribution < -0.4 is 4.72 Å². The number of nitrogens with zero attached hydrogens (tertiary/aromatic N) is 1. The molecule has 1 unspecified atom stereocenters. The lowest BCUT2D eigenvalue weighted by Gasteiger charge is -2.14. The van der Waals surface area contributed by atoms with Crippen LogP contribution in [0.15, 0.2) is 11.2 Å². The first-order valence-corrected chi connectivity index (χ1v) is 8.01. The summed E-state index contributed by atoms with van der Waals surface area (Å²) in [5.41, 5.74) is -0.355. The van der Waals surface area contributed by atoms with Crippen LogP contribution in [0.2, 0.25) is 0 Å². The van der Waals surface area contributed by atoms with Gasteiger partial charge in [-0.1, -0.05) is 26.7 Å². The molecule has 8 heteroatoms. The maximum absolute atomic E-state index is 12.1. The van der Waals surface area contributed by atoms with E-state index in [1.807, 2.05) is 0 Å². The number of aromatic nitrogens is 2. The number of rotatable bonds is 8. The van der Waals surface area contributed by atoms with Crippen molar-refractivity contribution in [1.82, 2.24) is 14.9 Å². The third kappa shape index (κ3) is 4.61. The highest BCUT2D eigenvalue weighted by Gasteiger charge is 2.26. The van der Waals surface area contributed by atoms with E-state index in [4.69, 9.17) is 5.11 Å². The fraction of sp³-hybridized carbons (Fsp3) is 0.667. The Kier molecular flexibility index (Phi) is 5.70. The van der Waals surface area contributed by atoms with E-state index in [1.54, 1.807) is 6.92 Å². The van der Waals surface area contributed by atoms with Gasteiger partial charge in [0.1, 0.15) is 5.56 Å². The standard InChI is InChI=1S/C12H21N3O4S/c1-8(2)5-4-6-9(3)15-20(18,19)11-10(12(16)17)7-13-14-11/h7-9,15H,4-6H2,1-3H3,(H,13,14)(H,16,17). The zero-order chi connectivity index (χ0) is 15.3. The van der Waals surface area contributed by atoms with Crippen molar-refractivity contribution in [2.75, 3.05) is 0 Å². The number of carboxylic acids is 1. The first kappa shape index (κ1) is 16.6. The molecule has 0 aliphatic rings. The van der Waals surface area contributed by atoms with E-state index in [9.17, 15) is 13.2 Å². The van der Waals surface area contributed by atoms with Gasteiger partial charge in [0.2, 0.25) is 0 Å². The van der Waals surface area contributed by atoms with Crippen molar-refractivity contribution in [3.05, 3.63) is 11.8 Å². The predicted molar refractivity (Wildman–Crippen MR) is 74.0 cm³/mol. The van der Waals surface area contributed by atoms with Crippen molar-refractivity contribution in [3.63, 3.8) is 0 Å². The maximum Gasteiger partial charge on any atom is 0.340 e. The minimum absolute atomic E-state index is 0.260. The number of sulfonamides is 1. The number of aromatic carboxylic acids is 1. The lowest BCUT2D eigenvalue weighted by atomic mass is 10.0. The van der Waals surface area contributed by atoms with E-state index < -0.39 is 21.0 Å². The molecule has 1 rings (SSSR count). The monoisotopic (exact) mass is 303 g/mol. The van der Waals surface area contributed by atoms with Gasteiger partial charge in [-0.15, -0.1) is 0 Å². The van der Waals surface area contributed by atoms with Gasteiger partial charge in [0.05, 0.1) is 6.20 Å². The van der Waals surface area contributed by atoms with Gasteiger partial charge in [0, 0.05) is 6.04 Å². The molecule has 0 aliphatic heterocycles. The molecular formula is C12H21N3O4S. The van der Waals surface area contributed by atoms with E-state index in [1.165, 1.54) is 0 Å². The van der Waals surface area contributed by atoms with Crippen LogP contribution in [0.4, 0.5) is 0 Å². The molecule has 1 atom stereocenters. The highest BCUT2D eigenvalue weighted by atomic mass is 32.2. The van der Waals surface area contributed by atoms with E-state index >= 15 is 0 Å². The van der Waals surface area contributed by atoms with Gasteiger partial charge in [-0.25, -0.2) is 17.9 Å². The molecule has 3 N–H and O–H groups in total. The molecule has 0 spiro atoms. The third-order valence-electron chi connectivity index (χ3n) is 2.88. The van der Waals surface area contributed by atoms with E-state index in [2.05, 4.69) is 28.8 Å². The average Bonchev–Trinajstić information content (AvgIpc) is 2.76. The Morgan fingerprint density at radius 2 is 2.05 bits per heavy atom. The Balaban J connectivity index is 2.70. The molecule has 1 aromatic heterocycles. The smallest absolute Gasteiger partial charge is 0.340 e. The summed E-state index contributed by atoms with van der Waals surface area (Å²) in [6.45, 7) is 5.98.